The van der Waals surface area contributed by atoms with Crippen LogP contribution in [-0.2, 0) is 0 Å². The Balaban J connectivity index is 0.00000200. The smallest absolute Gasteiger partial charge is 0.193 e. The highest BCUT2D eigenvalue weighted by Gasteiger charge is 2.28. The van der Waals surface area contributed by atoms with E-state index in [-0.39, 0.29) is 24.0 Å². The summed E-state index contributed by atoms with van der Waals surface area (Å²) >= 11 is 0. The molecule has 20 heavy (non-hydrogen) atoms. The van der Waals surface area contributed by atoms with Crippen molar-refractivity contribution >= 4 is 35.6 Å². The molecule has 1 aromatic carbocycles. The number of aliphatic imine (C=N–C) groups is 1. The number of benzene rings is 1. The highest BCUT2D eigenvalue weighted by Crippen LogP contribution is 2.28. The van der Waals surface area contributed by atoms with Crippen LogP contribution in [0.5, 0.6) is 0 Å². The van der Waals surface area contributed by atoms with Gasteiger partial charge in [0.1, 0.15) is 0 Å². The number of hydrogen-bond acceptors (Lipinski definition) is 2. The number of nitrogens with two attached hydrogens (primary N) is 1. The predicted octanol–water partition coefficient (Wildman–Crippen LogP) is 3.03. The Morgan fingerprint density at radius 3 is 2.70 bits per heavy atom. The maximum absolute atomic E-state index is 10.3. The summed E-state index contributed by atoms with van der Waals surface area (Å²) in [6, 6.07) is 7.96. The van der Waals surface area contributed by atoms with E-state index in [2.05, 4.69) is 10.3 Å². The Kier molecular flexibility index (Phi) is 6.75. The second-order valence-electron chi connectivity index (χ2n) is 5.48. The molecule has 0 spiro atoms. The van der Waals surface area contributed by atoms with Crippen molar-refractivity contribution in [2.75, 3.05) is 11.9 Å². The van der Waals surface area contributed by atoms with E-state index in [1.807, 2.05) is 31.2 Å². The van der Waals surface area contributed by atoms with Gasteiger partial charge in [-0.3, -0.25) is 4.99 Å². The third kappa shape index (κ3) is 5.28. The van der Waals surface area contributed by atoms with Gasteiger partial charge in [-0.25, -0.2) is 0 Å². The Morgan fingerprint density at radius 1 is 1.35 bits per heavy atom. The van der Waals surface area contributed by atoms with Gasteiger partial charge in [-0.2, -0.15) is 0 Å². The zero-order valence-electron chi connectivity index (χ0n) is 11.9. The van der Waals surface area contributed by atoms with E-state index in [4.69, 9.17) is 5.73 Å². The minimum Gasteiger partial charge on any atom is -0.388 e. The zero-order valence-corrected chi connectivity index (χ0v) is 14.3. The van der Waals surface area contributed by atoms with Crippen molar-refractivity contribution in [1.82, 2.24) is 0 Å². The van der Waals surface area contributed by atoms with Gasteiger partial charge in [-0.15, -0.1) is 24.0 Å². The van der Waals surface area contributed by atoms with Crippen LogP contribution >= 0.6 is 24.0 Å². The predicted molar refractivity (Wildman–Crippen MR) is 94.7 cm³/mol. The van der Waals surface area contributed by atoms with Crippen LogP contribution in [0.2, 0.25) is 0 Å². The molecule has 0 atom stereocenters. The zero-order chi connectivity index (χ0) is 13.7. The molecular formula is C15H24IN3O. The van der Waals surface area contributed by atoms with Crippen molar-refractivity contribution in [1.29, 1.82) is 0 Å². The minimum atomic E-state index is -0.656. The average Bonchev–Trinajstić information content (AvgIpc) is 2.38. The summed E-state index contributed by atoms with van der Waals surface area (Å²) in [5, 5.41) is 13.4. The molecule has 4 nitrogen and oxygen atoms in total. The Hall–Kier alpha value is -0.820. The maximum atomic E-state index is 10.3. The van der Waals surface area contributed by atoms with Crippen LogP contribution in [0.3, 0.4) is 0 Å². The molecule has 4 N–H and O–H groups in total. The first-order chi connectivity index (χ1) is 9.07. The molecule has 0 amide bonds. The molecule has 0 aliphatic heterocycles. The summed E-state index contributed by atoms with van der Waals surface area (Å²) in [5.41, 5.74) is 7.30. The molecule has 0 bridgehead atoms. The first kappa shape index (κ1) is 17.2. The van der Waals surface area contributed by atoms with Crippen molar-refractivity contribution in [2.24, 2.45) is 10.7 Å². The largest absolute Gasteiger partial charge is 0.388 e. The van der Waals surface area contributed by atoms with Crippen molar-refractivity contribution < 1.29 is 5.11 Å². The summed E-state index contributed by atoms with van der Waals surface area (Å²) in [7, 11) is 0. The second kappa shape index (κ2) is 7.83. The van der Waals surface area contributed by atoms with Crippen LogP contribution in [0.25, 0.3) is 0 Å². The maximum Gasteiger partial charge on any atom is 0.193 e. The molecule has 112 valence electrons. The van der Waals surface area contributed by atoms with Gasteiger partial charge in [0.05, 0.1) is 12.1 Å². The van der Waals surface area contributed by atoms with Crippen LogP contribution in [-0.4, -0.2) is 23.2 Å². The quantitative estimate of drug-likeness (QED) is 0.423. The number of guanidine groups is 1. The lowest BCUT2D eigenvalue weighted by atomic mass is 9.85. The molecule has 2 rings (SSSR count). The summed E-state index contributed by atoms with van der Waals surface area (Å²) in [6.07, 6.45) is 5.03. The third-order valence-corrected chi connectivity index (χ3v) is 3.62. The van der Waals surface area contributed by atoms with E-state index in [9.17, 15) is 5.11 Å². The lowest BCUT2D eigenvalue weighted by Gasteiger charge is -2.30. The summed E-state index contributed by atoms with van der Waals surface area (Å²) in [4.78, 5) is 4.28. The van der Waals surface area contributed by atoms with Crippen LogP contribution in [0.4, 0.5) is 5.69 Å². The number of nitrogens with one attached hydrogen (secondary N) is 1. The lowest BCUT2D eigenvalue weighted by Crippen LogP contribution is -2.36. The molecule has 0 radical (unpaired) electrons. The van der Waals surface area contributed by atoms with Gasteiger partial charge >= 0.3 is 0 Å². The van der Waals surface area contributed by atoms with Gasteiger partial charge in [0.25, 0.3) is 0 Å². The van der Waals surface area contributed by atoms with Gasteiger partial charge in [0.15, 0.2) is 5.96 Å². The van der Waals surface area contributed by atoms with Crippen molar-refractivity contribution in [2.45, 2.75) is 44.6 Å². The monoisotopic (exact) mass is 389 g/mol. The van der Waals surface area contributed by atoms with E-state index >= 15 is 0 Å². The summed E-state index contributed by atoms with van der Waals surface area (Å²) < 4.78 is 0. The third-order valence-electron chi connectivity index (χ3n) is 3.62. The summed E-state index contributed by atoms with van der Waals surface area (Å²) in [5.74, 6) is 0.365. The van der Waals surface area contributed by atoms with E-state index in [1.54, 1.807) is 0 Å². The Labute approximate surface area is 137 Å². The number of aliphatic hydroxyl groups is 1. The fourth-order valence-corrected chi connectivity index (χ4v) is 2.51. The van der Waals surface area contributed by atoms with Gasteiger partial charge in [-0.05, 0) is 37.5 Å². The number of anilines is 1. The first-order valence-corrected chi connectivity index (χ1v) is 6.93. The van der Waals surface area contributed by atoms with Crippen LogP contribution in [0.1, 0.15) is 37.7 Å². The molecule has 0 saturated heterocycles. The molecule has 1 fully saturated rings. The Morgan fingerprint density at radius 2 is 2.05 bits per heavy atom. The molecule has 1 aromatic rings. The summed E-state index contributed by atoms with van der Waals surface area (Å²) in [6.45, 7) is 2.42. The molecular weight excluding hydrogens is 365 g/mol. The number of hydrogen-bond donors (Lipinski definition) is 3. The first-order valence-electron chi connectivity index (χ1n) is 6.93. The lowest BCUT2D eigenvalue weighted by molar-refractivity contribution is 0.0132. The SMILES string of the molecule is Cc1cccc(NC(N)=NCC2(O)CCCCC2)c1.I. The molecule has 0 unspecified atom stereocenters. The number of aryl methyl sites for hydroxylation is 1. The minimum absolute atomic E-state index is 0. The van der Waals surface area contributed by atoms with E-state index in [0.717, 1.165) is 31.4 Å². The number of nitrogens with zero attached hydrogens (tertiary/aromatic N) is 1. The van der Waals surface area contributed by atoms with Crippen molar-refractivity contribution in [3.63, 3.8) is 0 Å². The van der Waals surface area contributed by atoms with Crippen molar-refractivity contribution in [3.05, 3.63) is 29.8 Å². The highest BCUT2D eigenvalue weighted by atomic mass is 127. The molecule has 0 aromatic heterocycles. The number of halogens is 1. The van der Waals surface area contributed by atoms with Gasteiger partial charge < -0.3 is 16.2 Å². The average molecular weight is 389 g/mol. The fourth-order valence-electron chi connectivity index (χ4n) is 2.51. The molecule has 1 aliphatic carbocycles. The number of rotatable bonds is 3. The van der Waals surface area contributed by atoms with Gasteiger partial charge in [-0.1, -0.05) is 31.4 Å². The van der Waals surface area contributed by atoms with Crippen molar-refractivity contribution in [3.8, 4) is 0 Å². The molecule has 1 aliphatic rings. The van der Waals surface area contributed by atoms with E-state index in [0.29, 0.717) is 12.5 Å². The van der Waals surface area contributed by atoms with E-state index in [1.165, 1.54) is 12.0 Å². The topological polar surface area (TPSA) is 70.6 Å². The van der Waals surface area contributed by atoms with Crippen LogP contribution < -0.4 is 11.1 Å². The van der Waals surface area contributed by atoms with Gasteiger partial charge in [0, 0.05) is 5.69 Å². The highest BCUT2D eigenvalue weighted by molar-refractivity contribution is 14.0. The molecule has 5 heteroatoms. The molecule has 0 heterocycles. The van der Waals surface area contributed by atoms with Crippen LogP contribution in [0, 0.1) is 6.92 Å². The second-order valence-corrected chi connectivity index (χ2v) is 5.48. The Bertz CT molecular complexity index is 456. The normalized spacial score (nSPS) is 18.2. The van der Waals surface area contributed by atoms with E-state index < -0.39 is 5.60 Å². The fraction of sp³-hybridized carbons (Fsp3) is 0.533. The van der Waals surface area contributed by atoms with Crippen LogP contribution in [0.15, 0.2) is 29.3 Å². The molecule has 1 saturated carbocycles. The van der Waals surface area contributed by atoms with Gasteiger partial charge in [0.2, 0.25) is 0 Å². The standard InChI is InChI=1S/C15H23N3O.HI/c1-12-6-5-7-13(10-12)18-14(16)17-11-15(19)8-3-2-4-9-15;/h5-7,10,19H,2-4,8-9,11H2,1H3,(H3,16,17,18);1H.